The molecule has 0 amide bonds. The average molecular weight is 271 g/mol. The molecular weight excluding hydrogens is 250 g/mol. The Labute approximate surface area is 119 Å². The molecule has 0 saturated carbocycles. The van der Waals surface area contributed by atoms with Crippen LogP contribution in [0.2, 0.25) is 0 Å². The van der Waals surface area contributed by atoms with Gasteiger partial charge in [0.1, 0.15) is 0 Å². The summed E-state index contributed by atoms with van der Waals surface area (Å²) in [5.41, 5.74) is 1.20. The van der Waals surface area contributed by atoms with Crippen molar-refractivity contribution in [1.29, 1.82) is 0 Å². The van der Waals surface area contributed by atoms with Crippen LogP contribution in [0.25, 0.3) is 10.8 Å². The molecule has 0 fully saturated rings. The molecule has 0 unspecified atom stereocenters. The molecule has 0 atom stereocenters. The lowest BCUT2D eigenvalue weighted by molar-refractivity contribution is -0.142. The number of carbonyl (C=O) groups excluding carboxylic acids is 1. The highest BCUT2D eigenvalue weighted by atomic mass is 16.5. The van der Waals surface area contributed by atoms with Crippen molar-refractivity contribution in [1.82, 2.24) is 5.32 Å². The third kappa shape index (κ3) is 4.07. The zero-order valence-corrected chi connectivity index (χ0v) is 11.9. The van der Waals surface area contributed by atoms with Crippen molar-refractivity contribution >= 4 is 16.7 Å². The molecule has 2 rings (SSSR count). The fourth-order valence-corrected chi connectivity index (χ4v) is 2.13. The van der Waals surface area contributed by atoms with Crippen LogP contribution in [0.3, 0.4) is 0 Å². The highest BCUT2D eigenvalue weighted by Crippen LogP contribution is 2.17. The minimum absolute atomic E-state index is 0.182. The Balaban J connectivity index is 1.85. The van der Waals surface area contributed by atoms with Crippen LogP contribution in [-0.4, -0.2) is 19.1 Å². The Morgan fingerprint density at radius 3 is 2.80 bits per heavy atom. The summed E-state index contributed by atoms with van der Waals surface area (Å²) < 4.78 is 5.11. The van der Waals surface area contributed by atoms with Crippen molar-refractivity contribution < 1.29 is 9.53 Å². The van der Waals surface area contributed by atoms with E-state index in [2.05, 4.69) is 36.5 Å². The number of esters is 1. The lowest BCUT2D eigenvalue weighted by Gasteiger charge is -2.08. The fraction of sp³-hybridized carbons (Fsp3) is 0.353. The molecular formula is C17H21NO2. The van der Waals surface area contributed by atoms with Crippen LogP contribution in [0, 0.1) is 0 Å². The first-order valence-corrected chi connectivity index (χ1v) is 7.14. The van der Waals surface area contributed by atoms with E-state index in [0.717, 1.165) is 12.8 Å². The first-order valence-electron chi connectivity index (χ1n) is 7.14. The molecule has 0 bridgehead atoms. The summed E-state index contributed by atoms with van der Waals surface area (Å²) in [5.74, 6) is -0.182. The van der Waals surface area contributed by atoms with Crippen molar-refractivity contribution in [2.45, 2.75) is 26.3 Å². The van der Waals surface area contributed by atoms with E-state index in [-0.39, 0.29) is 12.5 Å². The van der Waals surface area contributed by atoms with Gasteiger partial charge in [0.2, 0.25) is 0 Å². The molecule has 2 aromatic carbocycles. The van der Waals surface area contributed by atoms with Gasteiger partial charge in [-0.2, -0.15) is 0 Å². The van der Waals surface area contributed by atoms with E-state index < -0.39 is 0 Å². The van der Waals surface area contributed by atoms with Gasteiger partial charge in [-0.15, -0.1) is 0 Å². The maximum Gasteiger partial charge on any atom is 0.319 e. The number of unbranched alkanes of at least 4 members (excludes halogenated alkanes) is 1. The summed E-state index contributed by atoms with van der Waals surface area (Å²) in [6.45, 7) is 3.52. The quantitative estimate of drug-likeness (QED) is 0.620. The number of hydrogen-bond donors (Lipinski definition) is 1. The summed E-state index contributed by atoms with van der Waals surface area (Å²) in [7, 11) is 0. The number of rotatable bonds is 7. The van der Waals surface area contributed by atoms with Gasteiger partial charge >= 0.3 is 5.97 Å². The number of nitrogens with one attached hydrogen (secondary N) is 1. The second-order valence-corrected chi connectivity index (χ2v) is 4.82. The van der Waals surface area contributed by atoms with Crippen molar-refractivity contribution in [3.8, 4) is 0 Å². The average Bonchev–Trinajstić information content (AvgIpc) is 2.48. The summed E-state index contributed by atoms with van der Waals surface area (Å²) in [6, 6.07) is 14.5. The van der Waals surface area contributed by atoms with Crippen LogP contribution in [-0.2, 0) is 16.1 Å². The number of hydrogen-bond acceptors (Lipinski definition) is 3. The van der Waals surface area contributed by atoms with Crippen molar-refractivity contribution in [2.24, 2.45) is 0 Å². The highest BCUT2D eigenvalue weighted by Gasteiger charge is 2.03. The molecule has 0 radical (unpaired) electrons. The minimum atomic E-state index is -0.182. The lowest BCUT2D eigenvalue weighted by Crippen LogP contribution is -2.24. The van der Waals surface area contributed by atoms with Crippen LogP contribution in [0.4, 0.5) is 0 Å². The van der Waals surface area contributed by atoms with Gasteiger partial charge in [0.05, 0.1) is 13.2 Å². The zero-order chi connectivity index (χ0) is 14.2. The van der Waals surface area contributed by atoms with Crippen molar-refractivity contribution in [3.05, 3.63) is 48.0 Å². The summed E-state index contributed by atoms with van der Waals surface area (Å²) in [5, 5.41) is 5.59. The molecule has 0 heterocycles. The Morgan fingerprint density at radius 1 is 1.15 bits per heavy atom. The number of ether oxygens (including phenoxy) is 1. The van der Waals surface area contributed by atoms with Gasteiger partial charge in [-0.3, -0.25) is 4.79 Å². The first-order chi connectivity index (χ1) is 9.81. The lowest BCUT2D eigenvalue weighted by atomic mass is 10.0. The van der Waals surface area contributed by atoms with E-state index >= 15 is 0 Å². The number of carbonyl (C=O) groups is 1. The van der Waals surface area contributed by atoms with Gasteiger partial charge in [0.15, 0.2) is 0 Å². The minimum Gasteiger partial charge on any atom is -0.465 e. The molecule has 0 aliphatic rings. The summed E-state index contributed by atoms with van der Waals surface area (Å²) in [4.78, 5) is 11.5. The first kappa shape index (κ1) is 14.5. The van der Waals surface area contributed by atoms with Gasteiger partial charge in [0, 0.05) is 6.54 Å². The Morgan fingerprint density at radius 2 is 1.95 bits per heavy atom. The highest BCUT2D eigenvalue weighted by molar-refractivity contribution is 5.85. The molecule has 1 N–H and O–H groups in total. The van der Waals surface area contributed by atoms with Gasteiger partial charge in [-0.25, -0.2) is 0 Å². The second-order valence-electron chi connectivity index (χ2n) is 4.82. The van der Waals surface area contributed by atoms with Crippen LogP contribution < -0.4 is 5.32 Å². The Kier molecular flexibility index (Phi) is 5.56. The molecule has 0 aliphatic carbocycles. The van der Waals surface area contributed by atoms with Gasteiger partial charge < -0.3 is 10.1 Å². The third-order valence-corrected chi connectivity index (χ3v) is 3.23. The summed E-state index contributed by atoms with van der Waals surface area (Å²) >= 11 is 0. The normalized spacial score (nSPS) is 10.7. The maximum absolute atomic E-state index is 11.5. The van der Waals surface area contributed by atoms with Gasteiger partial charge in [-0.1, -0.05) is 55.8 Å². The van der Waals surface area contributed by atoms with E-state index in [4.69, 9.17) is 4.74 Å². The van der Waals surface area contributed by atoms with E-state index in [9.17, 15) is 4.79 Å². The van der Waals surface area contributed by atoms with E-state index in [0.29, 0.717) is 13.2 Å². The Hall–Kier alpha value is -1.87. The van der Waals surface area contributed by atoms with E-state index in [1.54, 1.807) is 0 Å². The Bertz CT molecular complexity index is 560. The van der Waals surface area contributed by atoms with Crippen LogP contribution >= 0.6 is 0 Å². The summed E-state index contributed by atoms with van der Waals surface area (Å²) in [6.07, 6.45) is 1.96. The van der Waals surface area contributed by atoms with Crippen LogP contribution in [0.15, 0.2) is 42.5 Å². The topological polar surface area (TPSA) is 38.3 Å². The van der Waals surface area contributed by atoms with Crippen molar-refractivity contribution in [3.63, 3.8) is 0 Å². The second kappa shape index (κ2) is 7.65. The monoisotopic (exact) mass is 271 g/mol. The van der Waals surface area contributed by atoms with Gasteiger partial charge in [0.25, 0.3) is 0 Å². The fourth-order valence-electron chi connectivity index (χ4n) is 2.13. The molecule has 2 aromatic rings. The SMILES string of the molecule is CCCCOC(=O)CNCc1cccc2ccccc12. The molecule has 3 heteroatoms. The van der Waals surface area contributed by atoms with E-state index in [1.165, 1.54) is 16.3 Å². The number of fused-ring (bicyclic) bond motifs is 1. The molecule has 20 heavy (non-hydrogen) atoms. The van der Waals surface area contributed by atoms with Crippen LogP contribution in [0.1, 0.15) is 25.3 Å². The number of benzene rings is 2. The zero-order valence-electron chi connectivity index (χ0n) is 11.9. The molecule has 0 aliphatic heterocycles. The molecule has 3 nitrogen and oxygen atoms in total. The molecule has 0 aromatic heterocycles. The standard InChI is InChI=1S/C17H21NO2/c1-2-3-11-20-17(19)13-18-12-15-9-6-8-14-7-4-5-10-16(14)15/h4-10,18H,2-3,11-13H2,1H3. The largest absolute Gasteiger partial charge is 0.465 e. The van der Waals surface area contributed by atoms with Gasteiger partial charge in [-0.05, 0) is 22.8 Å². The molecule has 0 spiro atoms. The third-order valence-electron chi connectivity index (χ3n) is 3.23. The predicted molar refractivity (Wildman–Crippen MR) is 81.5 cm³/mol. The smallest absolute Gasteiger partial charge is 0.319 e. The maximum atomic E-state index is 11.5. The molecule has 0 saturated heterocycles. The molecule has 106 valence electrons. The van der Waals surface area contributed by atoms with Crippen LogP contribution in [0.5, 0.6) is 0 Å². The predicted octanol–water partition coefficient (Wildman–Crippen LogP) is 3.27. The van der Waals surface area contributed by atoms with Crippen molar-refractivity contribution in [2.75, 3.05) is 13.2 Å². The van der Waals surface area contributed by atoms with E-state index in [1.807, 2.05) is 18.2 Å².